The number of nitrogens with zero attached hydrogens (tertiary/aromatic N) is 2. The topological polar surface area (TPSA) is 99.2 Å². The maximum absolute atomic E-state index is 13.8. The van der Waals surface area contributed by atoms with Crippen LogP contribution in [-0.2, 0) is 16.1 Å². The molecule has 9 heteroatoms. The van der Waals surface area contributed by atoms with Gasteiger partial charge in [0.15, 0.2) is 0 Å². The Bertz CT molecular complexity index is 1220. The van der Waals surface area contributed by atoms with E-state index in [2.05, 4.69) is 17.1 Å². The molecule has 1 spiro atoms. The van der Waals surface area contributed by atoms with Crippen LogP contribution in [0.5, 0.6) is 11.5 Å². The van der Waals surface area contributed by atoms with Crippen LogP contribution in [0.4, 0.5) is 0 Å². The minimum Gasteiger partial charge on any atom is -0.478 e. The van der Waals surface area contributed by atoms with Gasteiger partial charge in [-0.15, -0.1) is 12.4 Å². The fourth-order valence-corrected chi connectivity index (χ4v) is 6.76. The molecule has 0 unspecified atom stereocenters. The maximum atomic E-state index is 13.8. The van der Waals surface area contributed by atoms with Gasteiger partial charge >= 0.3 is 5.97 Å². The first-order valence-corrected chi connectivity index (χ1v) is 15.3. The van der Waals surface area contributed by atoms with Crippen LogP contribution in [0.3, 0.4) is 0 Å². The summed E-state index contributed by atoms with van der Waals surface area (Å²) in [7, 11) is 0. The van der Waals surface area contributed by atoms with Gasteiger partial charge in [0.05, 0.1) is 5.56 Å². The van der Waals surface area contributed by atoms with E-state index in [4.69, 9.17) is 4.74 Å². The summed E-state index contributed by atoms with van der Waals surface area (Å²) in [5.41, 5.74) is 0.573. The standard InChI is InChI=1S/C33H43N3O5.ClH/c1-2-3-18-36-30(37)29(21-24-8-5-4-6-9-24)34-32(40)33(36)16-19-35(20-17-33)23-25-12-14-27(15-13-25)41-28-11-7-10-26(22-28)31(38)39;/h7,10-15,22,24,29H,2-6,8-9,16-21,23H2,1H3,(H,34,40)(H,38,39);1H/t29-;/m0./s1. The Hall–Kier alpha value is -3.10. The molecule has 2 amide bonds. The first kappa shape index (κ1) is 31.8. The molecular formula is C33H44ClN3O5. The predicted molar refractivity (Wildman–Crippen MR) is 164 cm³/mol. The molecule has 2 aromatic carbocycles. The zero-order valence-corrected chi connectivity index (χ0v) is 25.4. The fraction of sp³-hybridized carbons (Fsp3) is 0.545. The van der Waals surface area contributed by atoms with E-state index in [1.807, 2.05) is 29.2 Å². The minimum atomic E-state index is -0.989. The zero-order valence-electron chi connectivity index (χ0n) is 24.6. The van der Waals surface area contributed by atoms with Crippen molar-refractivity contribution < 1.29 is 24.2 Å². The van der Waals surface area contributed by atoms with E-state index in [-0.39, 0.29) is 35.8 Å². The number of piperazine rings is 1. The number of carboxylic acids is 1. The average molecular weight is 598 g/mol. The highest BCUT2D eigenvalue weighted by Gasteiger charge is 2.53. The molecule has 8 nitrogen and oxygen atoms in total. The molecular weight excluding hydrogens is 554 g/mol. The highest BCUT2D eigenvalue weighted by molar-refractivity contribution is 6.00. The summed E-state index contributed by atoms with van der Waals surface area (Å²) in [6.07, 6.45) is 10.0. The van der Waals surface area contributed by atoms with Gasteiger partial charge in [-0.05, 0) is 67.5 Å². The van der Waals surface area contributed by atoms with E-state index in [0.29, 0.717) is 36.8 Å². The third kappa shape index (κ3) is 7.27. The number of nitrogens with one attached hydrogen (secondary N) is 1. The summed E-state index contributed by atoms with van der Waals surface area (Å²) in [6.45, 7) is 5.03. The largest absolute Gasteiger partial charge is 0.478 e. The van der Waals surface area contributed by atoms with Gasteiger partial charge in [-0.3, -0.25) is 14.5 Å². The fourth-order valence-electron chi connectivity index (χ4n) is 6.76. The monoisotopic (exact) mass is 597 g/mol. The number of carbonyl (C=O) groups is 3. The number of benzene rings is 2. The highest BCUT2D eigenvalue weighted by Crippen LogP contribution is 2.36. The number of aromatic carboxylic acids is 1. The number of carbonyl (C=O) groups excluding carboxylic acids is 2. The molecule has 0 aromatic heterocycles. The van der Waals surface area contributed by atoms with Crippen molar-refractivity contribution in [1.29, 1.82) is 0 Å². The van der Waals surface area contributed by atoms with Gasteiger partial charge in [-0.1, -0.05) is 63.6 Å². The summed E-state index contributed by atoms with van der Waals surface area (Å²) in [4.78, 5) is 43.0. The Morgan fingerprint density at radius 3 is 2.40 bits per heavy atom. The van der Waals surface area contributed by atoms with Crippen LogP contribution in [0.1, 0.15) is 87.1 Å². The van der Waals surface area contributed by atoms with Crippen LogP contribution in [0.25, 0.3) is 0 Å². The number of hydrogen-bond donors (Lipinski definition) is 2. The SMILES string of the molecule is CCCCN1C(=O)[C@H](CC2CCCCC2)NC(=O)C12CCN(Cc1ccc(Oc3cccc(C(=O)O)c3)cc1)CC2.Cl. The van der Waals surface area contributed by atoms with Crippen molar-refractivity contribution in [3.05, 3.63) is 59.7 Å². The maximum Gasteiger partial charge on any atom is 0.335 e. The predicted octanol–water partition coefficient (Wildman–Crippen LogP) is 6.03. The number of hydrogen-bond acceptors (Lipinski definition) is 5. The van der Waals surface area contributed by atoms with E-state index in [1.165, 1.54) is 44.2 Å². The van der Waals surface area contributed by atoms with Crippen LogP contribution in [0.2, 0.25) is 0 Å². The molecule has 2 N–H and O–H groups in total. The number of ether oxygens (including phenoxy) is 1. The first-order chi connectivity index (χ1) is 19.9. The molecule has 0 radical (unpaired) electrons. The third-order valence-electron chi connectivity index (χ3n) is 9.17. The second kappa shape index (κ2) is 14.4. The molecule has 228 valence electrons. The minimum absolute atomic E-state index is 0. The van der Waals surface area contributed by atoms with Gasteiger partial charge < -0.3 is 20.1 Å². The number of amides is 2. The molecule has 3 aliphatic rings. The Morgan fingerprint density at radius 2 is 1.74 bits per heavy atom. The Balaban J connectivity index is 0.00000405. The van der Waals surface area contributed by atoms with Gasteiger partial charge in [-0.2, -0.15) is 0 Å². The lowest BCUT2D eigenvalue weighted by atomic mass is 9.79. The molecule has 0 bridgehead atoms. The van der Waals surface area contributed by atoms with Crippen molar-refractivity contribution >= 4 is 30.2 Å². The van der Waals surface area contributed by atoms with Crippen molar-refractivity contribution in [2.75, 3.05) is 19.6 Å². The Kier molecular flexibility index (Phi) is 10.9. The summed E-state index contributed by atoms with van der Waals surface area (Å²) in [5, 5.41) is 12.4. The quantitative estimate of drug-likeness (QED) is 0.347. The number of piperidine rings is 1. The summed E-state index contributed by atoms with van der Waals surface area (Å²) < 4.78 is 5.85. The first-order valence-electron chi connectivity index (χ1n) is 15.3. The Labute approximate surface area is 255 Å². The number of carboxylic acid groups (broad SMARTS) is 1. The van der Waals surface area contributed by atoms with E-state index in [9.17, 15) is 19.5 Å². The lowest BCUT2D eigenvalue weighted by Gasteiger charge is -2.52. The van der Waals surface area contributed by atoms with Crippen LogP contribution >= 0.6 is 12.4 Å². The second-order valence-corrected chi connectivity index (χ2v) is 12.0. The third-order valence-corrected chi connectivity index (χ3v) is 9.17. The normalized spacial score (nSPS) is 21.1. The van der Waals surface area contributed by atoms with Crippen molar-refractivity contribution in [3.8, 4) is 11.5 Å². The van der Waals surface area contributed by atoms with Crippen LogP contribution in [0.15, 0.2) is 48.5 Å². The molecule has 2 saturated heterocycles. The summed E-state index contributed by atoms with van der Waals surface area (Å²) >= 11 is 0. The van der Waals surface area contributed by atoms with E-state index < -0.39 is 11.5 Å². The summed E-state index contributed by atoms with van der Waals surface area (Å²) in [5.74, 6) is 0.836. The van der Waals surface area contributed by atoms with Gasteiger partial charge in [0.25, 0.3) is 0 Å². The van der Waals surface area contributed by atoms with E-state index in [1.54, 1.807) is 12.1 Å². The molecule has 1 saturated carbocycles. The number of likely N-dealkylation sites (tertiary alicyclic amines) is 1. The van der Waals surface area contributed by atoms with Crippen LogP contribution in [-0.4, -0.2) is 63.9 Å². The van der Waals surface area contributed by atoms with Crippen LogP contribution < -0.4 is 10.1 Å². The molecule has 2 aliphatic heterocycles. The number of rotatable bonds is 10. The molecule has 5 rings (SSSR count). The smallest absolute Gasteiger partial charge is 0.335 e. The van der Waals surface area contributed by atoms with Crippen molar-refractivity contribution in [3.63, 3.8) is 0 Å². The lowest BCUT2D eigenvalue weighted by molar-refractivity contribution is -0.162. The van der Waals surface area contributed by atoms with E-state index >= 15 is 0 Å². The molecule has 2 heterocycles. The van der Waals surface area contributed by atoms with Gasteiger partial charge in [0.1, 0.15) is 23.1 Å². The second-order valence-electron chi connectivity index (χ2n) is 12.0. The van der Waals surface area contributed by atoms with Gasteiger partial charge in [-0.25, -0.2) is 4.79 Å². The van der Waals surface area contributed by atoms with E-state index in [0.717, 1.165) is 44.5 Å². The van der Waals surface area contributed by atoms with Crippen LogP contribution in [0, 0.1) is 5.92 Å². The molecule has 42 heavy (non-hydrogen) atoms. The molecule has 3 fully saturated rings. The molecule has 2 aromatic rings. The number of unbranched alkanes of at least 4 members (excludes halogenated alkanes) is 1. The van der Waals surface area contributed by atoms with Gasteiger partial charge in [0, 0.05) is 26.2 Å². The van der Waals surface area contributed by atoms with Crippen molar-refractivity contribution in [2.45, 2.75) is 89.3 Å². The molecule has 1 atom stereocenters. The number of halogens is 1. The van der Waals surface area contributed by atoms with Crippen molar-refractivity contribution in [1.82, 2.24) is 15.1 Å². The molecule has 1 aliphatic carbocycles. The summed E-state index contributed by atoms with van der Waals surface area (Å²) in [6, 6.07) is 13.9. The van der Waals surface area contributed by atoms with Crippen molar-refractivity contribution in [2.24, 2.45) is 5.92 Å². The highest BCUT2D eigenvalue weighted by atomic mass is 35.5. The van der Waals surface area contributed by atoms with Gasteiger partial charge in [0.2, 0.25) is 11.8 Å². The lowest BCUT2D eigenvalue weighted by Crippen LogP contribution is -2.73. The Morgan fingerprint density at radius 1 is 1.02 bits per heavy atom. The average Bonchev–Trinajstić information content (AvgIpc) is 2.98. The zero-order chi connectivity index (χ0) is 28.8.